The van der Waals surface area contributed by atoms with Gasteiger partial charge in [-0.3, -0.25) is 25.4 Å². The van der Waals surface area contributed by atoms with Gasteiger partial charge in [0.2, 0.25) is 0 Å². The van der Waals surface area contributed by atoms with Crippen molar-refractivity contribution in [1.29, 1.82) is 0 Å². The Kier molecular flexibility index (Phi) is 4.55. The number of hydrogen-bond donors (Lipinski definition) is 2. The molecule has 0 spiro atoms. The van der Waals surface area contributed by atoms with E-state index < -0.39 is 11.8 Å². The fourth-order valence-corrected chi connectivity index (χ4v) is 1.38. The van der Waals surface area contributed by atoms with Crippen LogP contribution in [0.2, 0.25) is 0 Å². The van der Waals surface area contributed by atoms with Crippen molar-refractivity contribution < 1.29 is 9.59 Å². The average molecular weight is 268 g/mol. The van der Waals surface area contributed by atoms with Crippen molar-refractivity contribution in [3.05, 3.63) is 66.3 Å². The Balaban J connectivity index is 1.84. The standard InChI is InChI=1S/C14H12N4O2/c19-13(7-6-11-4-2-1-3-5-11)17-18-14(20)12-10-15-8-9-16-12/h1-10H,(H,17,19)(H,18,20). The molecule has 0 radical (unpaired) electrons. The number of hydrazine groups is 1. The molecule has 0 bridgehead atoms. The van der Waals surface area contributed by atoms with Crippen molar-refractivity contribution in [3.8, 4) is 0 Å². The molecule has 1 aromatic heterocycles. The van der Waals surface area contributed by atoms with Crippen LogP contribution in [0.4, 0.5) is 0 Å². The number of carbonyl (C=O) groups is 2. The van der Waals surface area contributed by atoms with Crippen LogP contribution in [-0.2, 0) is 4.79 Å². The molecule has 1 heterocycles. The highest BCUT2D eigenvalue weighted by Crippen LogP contribution is 2.00. The second-order valence-corrected chi connectivity index (χ2v) is 3.78. The first-order valence-corrected chi connectivity index (χ1v) is 5.85. The van der Waals surface area contributed by atoms with Crippen LogP contribution in [-0.4, -0.2) is 21.8 Å². The summed E-state index contributed by atoms with van der Waals surface area (Å²) in [6.45, 7) is 0. The van der Waals surface area contributed by atoms with Crippen LogP contribution in [0.1, 0.15) is 16.1 Å². The van der Waals surface area contributed by atoms with Crippen LogP contribution in [0.3, 0.4) is 0 Å². The summed E-state index contributed by atoms with van der Waals surface area (Å²) < 4.78 is 0. The lowest BCUT2D eigenvalue weighted by Gasteiger charge is -2.03. The Bertz CT molecular complexity index is 612. The summed E-state index contributed by atoms with van der Waals surface area (Å²) in [6.07, 6.45) is 7.13. The lowest BCUT2D eigenvalue weighted by molar-refractivity contribution is -0.117. The van der Waals surface area contributed by atoms with Gasteiger partial charge < -0.3 is 0 Å². The predicted octanol–water partition coefficient (Wildman–Crippen LogP) is 0.951. The van der Waals surface area contributed by atoms with E-state index in [0.29, 0.717) is 0 Å². The number of carbonyl (C=O) groups excluding carboxylic acids is 2. The molecule has 1 aromatic carbocycles. The fraction of sp³-hybridized carbons (Fsp3) is 0. The zero-order valence-corrected chi connectivity index (χ0v) is 10.5. The first kappa shape index (κ1) is 13.4. The SMILES string of the molecule is O=C(C=Cc1ccccc1)NNC(=O)c1cnccn1. The van der Waals surface area contributed by atoms with E-state index in [0.717, 1.165) is 5.56 Å². The molecular formula is C14H12N4O2. The molecule has 0 saturated carbocycles. The van der Waals surface area contributed by atoms with E-state index >= 15 is 0 Å². The van der Waals surface area contributed by atoms with E-state index in [9.17, 15) is 9.59 Å². The Morgan fingerprint density at radius 1 is 1.05 bits per heavy atom. The maximum atomic E-state index is 11.6. The molecule has 0 aliphatic rings. The summed E-state index contributed by atoms with van der Waals surface area (Å²) in [5.41, 5.74) is 5.52. The van der Waals surface area contributed by atoms with Gasteiger partial charge in [0, 0.05) is 18.5 Å². The number of nitrogens with one attached hydrogen (secondary N) is 2. The quantitative estimate of drug-likeness (QED) is 0.641. The smallest absolute Gasteiger partial charge is 0.268 e. The molecule has 6 heteroatoms. The minimum absolute atomic E-state index is 0.125. The molecule has 100 valence electrons. The number of nitrogens with zero attached hydrogens (tertiary/aromatic N) is 2. The summed E-state index contributed by atoms with van der Waals surface area (Å²) in [7, 11) is 0. The van der Waals surface area contributed by atoms with E-state index in [1.165, 1.54) is 24.7 Å². The topological polar surface area (TPSA) is 84.0 Å². The lowest BCUT2D eigenvalue weighted by Crippen LogP contribution is -2.41. The Morgan fingerprint density at radius 2 is 1.85 bits per heavy atom. The van der Waals surface area contributed by atoms with Gasteiger partial charge in [0.05, 0.1) is 6.20 Å². The number of amides is 2. The van der Waals surface area contributed by atoms with Gasteiger partial charge in [0.1, 0.15) is 5.69 Å². The second-order valence-electron chi connectivity index (χ2n) is 3.78. The molecule has 0 atom stereocenters. The van der Waals surface area contributed by atoms with Crippen molar-refractivity contribution in [1.82, 2.24) is 20.8 Å². The van der Waals surface area contributed by atoms with Crippen molar-refractivity contribution in [2.24, 2.45) is 0 Å². The summed E-state index contributed by atoms with van der Waals surface area (Å²) in [6, 6.07) is 9.35. The third kappa shape index (κ3) is 4.02. The molecule has 0 aliphatic carbocycles. The first-order valence-electron chi connectivity index (χ1n) is 5.85. The Hall–Kier alpha value is -3.02. The molecule has 2 aromatic rings. The van der Waals surface area contributed by atoms with Gasteiger partial charge >= 0.3 is 0 Å². The minimum Gasteiger partial charge on any atom is -0.268 e. The predicted molar refractivity (Wildman–Crippen MR) is 73.1 cm³/mol. The van der Waals surface area contributed by atoms with E-state index in [2.05, 4.69) is 20.8 Å². The first-order chi connectivity index (χ1) is 9.75. The Labute approximate surface area is 115 Å². The van der Waals surface area contributed by atoms with E-state index in [1.807, 2.05) is 30.3 Å². The molecule has 0 saturated heterocycles. The highest BCUT2D eigenvalue weighted by molar-refractivity contribution is 5.96. The number of rotatable bonds is 3. The van der Waals surface area contributed by atoms with Gasteiger partial charge in [-0.15, -0.1) is 0 Å². The van der Waals surface area contributed by atoms with Gasteiger partial charge in [0.25, 0.3) is 11.8 Å². The van der Waals surface area contributed by atoms with Crippen molar-refractivity contribution >= 4 is 17.9 Å². The van der Waals surface area contributed by atoms with Crippen LogP contribution in [0.15, 0.2) is 55.0 Å². The summed E-state index contributed by atoms with van der Waals surface area (Å²) >= 11 is 0. The Morgan fingerprint density at radius 3 is 2.55 bits per heavy atom. The monoisotopic (exact) mass is 268 g/mol. The maximum Gasteiger partial charge on any atom is 0.289 e. The minimum atomic E-state index is -0.528. The van der Waals surface area contributed by atoms with Gasteiger partial charge in [-0.2, -0.15) is 0 Å². The molecule has 6 nitrogen and oxygen atoms in total. The average Bonchev–Trinajstić information content (AvgIpc) is 2.52. The largest absolute Gasteiger partial charge is 0.289 e. The number of aromatic nitrogens is 2. The van der Waals surface area contributed by atoms with Crippen molar-refractivity contribution in [2.75, 3.05) is 0 Å². The highest BCUT2D eigenvalue weighted by atomic mass is 16.2. The zero-order valence-electron chi connectivity index (χ0n) is 10.5. The second kappa shape index (κ2) is 6.79. The van der Waals surface area contributed by atoms with Crippen LogP contribution >= 0.6 is 0 Å². The van der Waals surface area contributed by atoms with Gasteiger partial charge in [-0.05, 0) is 11.6 Å². The molecule has 0 fully saturated rings. The zero-order chi connectivity index (χ0) is 14.2. The third-order valence-corrected chi connectivity index (χ3v) is 2.32. The van der Waals surface area contributed by atoms with Crippen LogP contribution in [0.25, 0.3) is 6.08 Å². The number of benzene rings is 1. The van der Waals surface area contributed by atoms with E-state index in [1.54, 1.807) is 6.08 Å². The highest BCUT2D eigenvalue weighted by Gasteiger charge is 2.06. The van der Waals surface area contributed by atoms with Crippen molar-refractivity contribution in [3.63, 3.8) is 0 Å². The lowest BCUT2D eigenvalue weighted by atomic mass is 10.2. The molecule has 0 aliphatic heterocycles. The molecule has 0 unspecified atom stereocenters. The van der Waals surface area contributed by atoms with Crippen molar-refractivity contribution in [2.45, 2.75) is 0 Å². The maximum absolute atomic E-state index is 11.6. The normalized spacial score (nSPS) is 10.2. The summed E-state index contributed by atoms with van der Waals surface area (Å²) in [5.74, 6) is -0.967. The van der Waals surface area contributed by atoms with Crippen LogP contribution in [0.5, 0.6) is 0 Å². The fourth-order valence-electron chi connectivity index (χ4n) is 1.38. The van der Waals surface area contributed by atoms with Gasteiger partial charge in [-0.1, -0.05) is 30.3 Å². The molecule has 2 N–H and O–H groups in total. The summed E-state index contributed by atoms with van der Waals surface area (Å²) in [5, 5.41) is 0. The van der Waals surface area contributed by atoms with E-state index in [-0.39, 0.29) is 5.69 Å². The molecular weight excluding hydrogens is 256 g/mol. The van der Waals surface area contributed by atoms with E-state index in [4.69, 9.17) is 0 Å². The molecule has 2 amide bonds. The van der Waals surface area contributed by atoms with Crippen LogP contribution < -0.4 is 10.9 Å². The van der Waals surface area contributed by atoms with Gasteiger partial charge in [0.15, 0.2) is 0 Å². The van der Waals surface area contributed by atoms with Gasteiger partial charge in [-0.25, -0.2) is 4.98 Å². The van der Waals surface area contributed by atoms with Crippen LogP contribution in [0, 0.1) is 0 Å². The third-order valence-electron chi connectivity index (χ3n) is 2.32. The molecule has 20 heavy (non-hydrogen) atoms. The molecule has 2 rings (SSSR count). The number of hydrogen-bond acceptors (Lipinski definition) is 4. The summed E-state index contributed by atoms with van der Waals surface area (Å²) in [4.78, 5) is 30.6.